The molecule has 0 unspecified atom stereocenters. The highest BCUT2D eigenvalue weighted by Crippen LogP contribution is 2.22. The van der Waals surface area contributed by atoms with E-state index in [1.165, 1.54) is 6.08 Å². The third-order valence-electron chi connectivity index (χ3n) is 4.65. The van der Waals surface area contributed by atoms with Gasteiger partial charge in [-0.25, -0.2) is 9.97 Å². The quantitative estimate of drug-likeness (QED) is 0.489. The standard InChI is InChI=1S/C18H24N6O3/c1-4-15(25)24-9-11(2)13(10-24)22-14-8-21-17-16(23-14)12(7-20-17)18(26)19-5-6-27-3/h4,7-8,11,13H,1,5-6,9-10H2,2-3H3,(H,19,26)(H,20,21)(H,22,23)/t11-,13+/m1/s1. The van der Waals surface area contributed by atoms with Crippen LogP contribution in [0.3, 0.4) is 0 Å². The second-order valence-electron chi connectivity index (χ2n) is 6.58. The molecule has 2 atom stereocenters. The summed E-state index contributed by atoms with van der Waals surface area (Å²) in [5, 5.41) is 6.11. The van der Waals surface area contributed by atoms with Crippen molar-refractivity contribution in [2.75, 3.05) is 38.7 Å². The fraction of sp³-hybridized carbons (Fsp3) is 0.444. The number of aromatic amines is 1. The Morgan fingerprint density at radius 1 is 1.48 bits per heavy atom. The Bertz CT molecular complexity index is 849. The molecule has 2 aromatic heterocycles. The van der Waals surface area contributed by atoms with Crippen molar-refractivity contribution in [1.29, 1.82) is 0 Å². The first kappa shape index (κ1) is 18.8. The lowest BCUT2D eigenvalue weighted by molar-refractivity contribution is -0.125. The van der Waals surface area contributed by atoms with E-state index in [0.717, 1.165) is 0 Å². The molecule has 9 heteroatoms. The third kappa shape index (κ3) is 4.08. The molecule has 0 radical (unpaired) electrons. The number of carbonyl (C=O) groups excluding carboxylic acids is 2. The van der Waals surface area contributed by atoms with Crippen LogP contribution in [0.4, 0.5) is 5.82 Å². The largest absolute Gasteiger partial charge is 0.383 e. The topological polar surface area (TPSA) is 112 Å². The Hall–Kier alpha value is -2.94. The van der Waals surface area contributed by atoms with Crippen molar-refractivity contribution >= 4 is 28.8 Å². The van der Waals surface area contributed by atoms with Crippen LogP contribution in [0.2, 0.25) is 0 Å². The summed E-state index contributed by atoms with van der Waals surface area (Å²) < 4.78 is 4.94. The fourth-order valence-electron chi connectivity index (χ4n) is 3.15. The van der Waals surface area contributed by atoms with Crippen LogP contribution in [-0.2, 0) is 9.53 Å². The maximum atomic E-state index is 12.3. The lowest BCUT2D eigenvalue weighted by Gasteiger charge is -2.17. The number of rotatable bonds is 7. The van der Waals surface area contributed by atoms with Gasteiger partial charge in [0.15, 0.2) is 5.65 Å². The minimum Gasteiger partial charge on any atom is -0.383 e. The van der Waals surface area contributed by atoms with Crippen LogP contribution in [0, 0.1) is 5.92 Å². The number of fused-ring (bicyclic) bond motifs is 1. The van der Waals surface area contributed by atoms with Gasteiger partial charge in [0.25, 0.3) is 5.91 Å². The number of methoxy groups -OCH3 is 1. The molecule has 1 fully saturated rings. The lowest BCUT2D eigenvalue weighted by atomic mass is 10.1. The molecule has 27 heavy (non-hydrogen) atoms. The molecule has 0 bridgehead atoms. The van der Waals surface area contributed by atoms with Gasteiger partial charge in [-0.2, -0.15) is 0 Å². The number of nitrogens with one attached hydrogen (secondary N) is 3. The molecule has 1 aliphatic heterocycles. The van der Waals surface area contributed by atoms with E-state index in [2.05, 4.69) is 39.1 Å². The van der Waals surface area contributed by atoms with Gasteiger partial charge >= 0.3 is 0 Å². The minimum absolute atomic E-state index is 0.0542. The highest BCUT2D eigenvalue weighted by atomic mass is 16.5. The zero-order valence-corrected chi connectivity index (χ0v) is 15.5. The Balaban J connectivity index is 1.74. The first-order valence-electron chi connectivity index (χ1n) is 8.82. The van der Waals surface area contributed by atoms with E-state index < -0.39 is 0 Å². The Labute approximate surface area is 157 Å². The smallest absolute Gasteiger partial charge is 0.255 e. The predicted octanol–water partition coefficient (Wildman–Crippen LogP) is 0.779. The molecule has 2 amide bonds. The number of amides is 2. The van der Waals surface area contributed by atoms with Crippen LogP contribution in [0.15, 0.2) is 25.0 Å². The summed E-state index contributed by atoms with van der Waals surface area (Å²) in [6, 6.07) is 0.0542. The number of ether oxygens (including phenoxy) is 1. The molecule has 3 rings (SSSR count). The number of H-pyrrole nitrogens is 1. The van der Waals surface area contributed by atoms with Crippen LogP contribution >= 0.6 is 0 Å². The molecular weight excluding hydrogens is 348 g/mol. The van der Waals surface area contributed by atoms with Gasteiger partial charge in [-0.15, -0.1) is 0 Å². The molecule has 144 valence electrons. The highest BCUT2D eigenvalue weighted by molar-refractivity contribution is 6.04. The molecule has 0 saturated carbocycles. The fourth-order valence-corrected chi connectivity index (χ4v) is 3.15. The summed E-state index contributed by atoms with van der Waals surface area (Å²) >= 11 is 0. The van der Waals surface area contributed by atoms with Crippen LogP contribution in [-0.4, -0.2) is 71.1 Å². The summed E-state index contributed by atoms with van der Waals surface area (Å²) in [6.07, 6.45) is 4.55. The molecule has 9 nitrogen and oxygen atoms in total. The molecule has 0 aromatic carbocycles. The molecule has 3 heterocycles. The molecule has 1 aliphatic rings. The number of aromatic nitrogens is 3. The van der Waals surface area contributed by atoms with Gasteiger partial charge in [0.05, 0.1) is 18.4 Å². The van der Waals surface area contributed by atoms with Crippen molar-refractivity contribution in [3.63, 3.8) is 0 Å². The molecule has 0 spiro atoms. The highest BCUT2D eigenvalue weighted by Gasteiger charge is 2.31. The molecular formula is C18H24N6O3. The molecule has 3 N–H and O–H groups in total. The SMILES string of the molecule is C=CC(=O)N1C[C@@H](C)[C@@H](Nc2cnc3[nH]cc(C(=O)NCCOC)c3n2)C1. The second kappa shape index (κ2) is 8.17. The van der Waals surface area contributed by atoms with Crippen LogP contribution in [0.5, 0.6) is 0 Å². The number of carbonyl (C=O) groups is 2. The van der Waals surface area contributed by atoms with E-state index in [1.807, 2.05) is 0 Å². The molecule has 1 saturated heterocycles. The van der Waals surface area contributed by atoms with Crippen molar-refractivity contribution < 1.29 is 14.3 Å². The minimum atomic E-state index is -0.235. The first-order chi connectivity index (χ1) is 13.0. The summed E-state index contributed by atoms with van der Waals surface area (Å²) in [5.74, 6) is 0.516. The summed E-state index contributed by atoms with van der Waals surface area (Å²) in [7, 11) is 1.58. The van der Waals surface area contributed by atoms with E-state index in [0.29, 0.717) is 48.8 Å². The normalized spacial score (nSPS) is 19.3. The number of hydrogen-bond donors (Lipinski definition) is 3. The Morgan fingerprint density at radius 3 is 3.04 bits per heavy atom. The van der Waals surface area contributed by atoms with Gasteiger partial charge in [0.2, 0.25) is 5.91 Å². The van der Waals surface area contributed by atoms with Gasteiger partial charge in [-0.1, -0.05) is 13.5 Å². The average molecular weight is 372 g/mol. The van der Waals surface area contributed by atoms with Gasteiger partial charge < -0.3 is 25.3 Å². The average Bonchev–Trinajstić information content (AvgIpc) is 3.25. The van der Waals surface area contributed by atoms with E-state index in [1.54, 1.807) is 24.4 Å². The Morgan fingerprint density at radius 2 is 2.30 bits per heavy atom. The number of anilines is 1. The maximum Gasteiger partial charge on any atom is 0.255 e. The van der Waals surface area contributed by atoms with Crippen molar-refractivity contribution in [3.8, 4) is 0 Å². The second-order valence-corrected chi connectivity index (χ2v) is 6.58. The van der Waals surface area contributed by atoms with E-state index in [-0.39, 0.29) is 23.8 Å². The Kier molecular flexibility index (Phi) is 5.70. The van der Waals surface area contributed by atoms with Crippen molar-refractivity contribution in [3.05, 3.63) is 30.6 Å². The molecule has 0 aliphatic carbocycles. The van der Waals surface area contributed by atoms with Gasteiger partial charge in [-0.3, -0.25) is 9.59 Å². The number of nitrogens with zero attached hydrogens (tertiary/aromatic N) is 3. The first-order valence-corrected chi connectivity index (χ1v) is 8.82. The monoisotopic (exact) mass is 372 g/mol. The number of hydrogen-bond acceptors (Lipinski definition) is 6. The van der Waals surface area contributed by atoms with E-state index in [9.17, 15) is 9.59 Å². The predicted molar refractivity (Wildman–Crippen MR) is 101 cm³/mol. The van der Waals surface area contributed by atoms with Gasteiger partial charge in [0, 0.05) is 39.0 Å². The van der Waals surface area contributed by atoms with Crippen LogP contribution in [0.1, 0.15) is 17.3 Å². The van der Waals surface area contributed by atoms with Crippen molar-refractivity contribution in [1.82, 2.24) is 25.2 Å². The molecule has 2 aromatic rings. The van der Waals surface area contributed by atoms with E-state index >= 15 is 0 Å². The number of likely N-dealkylation sites (tertiary alicyclic amines) is 1. The summed E-state index contributed by atoms with van der Waals surface area (Å²) in [6.45, 7) is 7.70. The van der Waals surface area contributed by atoms with Gasteiger partial charge in [0.1, 0.15) is 11.3 Å². The van der Waals surface area contributed by atoms with Crippen LogP contribution < -0.4 is 10.6 Å². The van der Waals surface area contributed by atoms with Crippen molar-refractivity contribution in [2.45, 2.75) is 13.0 Å². The lowest BCUT2D eigenvalue weighted by Crippen LogP contribution is -2.31. The maximum absolute atomic E-state index is 12.3. The summed E-state index contributed by atoms with van der Waals surface area (Å²) in [5.41, 5.74) is 1.47. The van der Waals surface area contributed by atoms with E-state index in [4.69, 9.17) is 4.74 Å². The third-order valence-corrected chi connectivity index (χ3v) is 4.65. The van der Waals surface area contributed by atoms with Crippen molar-refractivity contribution in [2.24, 2.45) is 5.92 Å². The summed E-state index contributed by atoms with van der Waals surface area (Å²) in [4.78, 5) is 37.8. The van der Waals surface area contributed by atoms with Gasteiger partial charge in [-0.05, 0) is 12.0 Å². The zero-order valence-electron chi connectivity index (χ0n) is 15.5. The van der Waals surface area contributed by atoms with Crippen LogP contribution in [0.25, 0.3) is 11.2 Å². The zero-order chi connectivity index (χ0) is 19.4.